The monoisotopic (exact) mass is 296 g/mol. The van der Waals surface area contributed by atoms with Crippen LogP contribution in [0, 0.1) is 5.92 Å². The molecule has 2 atom stereocenters. The molecular weight excluding hydrogens is 280 g/mol. The lowest BCUT2D eigenvalue weighted by Crippen LogP contribution is -2.39. The molecule has 0 aromatic heterocycles. The summed E-state index contributed by atoms with van der Waals surface area (Å²) in [5.41, 5.74) is 0.620. The molecule has 0 radical (unpaired) electrons. The van der Waals surface area contributed by atoms with Gasteiger partial charge in [-0.15, -0.1) is 0 Å². The predicted molar refractivity (Wildman–Crippen MR) is 76.4 cm³/mol. The van der Waals surface area contributed by atoms with Crippen LogP contribution in [-0.2, 0) is 9.59 Å². The number of carbonyl (C=O) groups is 2. The van der Waals surface area contributed by atoms with E-state index in [4.69, 9.17) is 11.6 Å². The molecule has 20 heavy (non-hydrogen) atoms. The molecule has 0 heterocycles. The first-order valence-electron chi connectivity index (χ1n) is 6.57. The van der Waals surface area contributed by atoms with E-state index in [1.165, 1.54) is 0 Å². The van der Waals surface area contributed by atoms with Crippen molar-refractivity contribution in [2.75, 3.05) is 11.9 Å². The number of halogens is 1. The Hall–Kier alpha value is -1.59. The van der Waals surface area contributed by atoms with Gasteiger partial charge in [0.05, 0.1) is 18.6 Å². The SMILES string of the molecule is O=C(CNC(=O)C1CCCC1O)Nc1ccc(Cl)cc1. The molecule has 6 heteroatoms. The number of nitrogens with one attached hydrogen (secondary N) is 2. The van der Waals surface area contributed by atoms with E-state index in [0.29, 0.717) is 23.6 Å². The van der Waals surface area contributed by atoms with Crippen molar-refractivity contribution in [1.82, 2.24) is 5.32 Å². The molecule has 1 fully saturated rings. The first-order valence-corrected chi connectivity index (χ1v) is 6.95. The predicted octanol–water partition coefficient (Wildman–Crippen LogP) is 1.56. The van der Waals surface area contributed by atoms with Crippen molar-refractivity contribution in [1.29, 1.82) is 0 Å². The van der Waals surface area contributed by atoms with Gasteiger partial charge < -0.3 is 15.7 Å². The minimum Gasteiger partial charge on any atom is -0.392 e. The number of aliphatic hydroxyl groups is 1. The molecule has 1 aromatic rings. The standard InChI is InChI=1S/C14H17ClN2O3/c15-9-4-6-10(7-5-9)17-13(19)8-16-14(20)11-2-1-3-12(11)18/h4-7,11-12,18H,1-3,8H2,(H,16,20)(H,17,19). The third-order valence-electron chi connectivity index (χ3n) is 3.37. The summed E-state index contributed by atoms with van der Waals surface area (Å²) in [6, 6.07) is 6.71. The van der Waals surface area contributed by atoms with Crippen molar-refractivity contribution in [3.8, 4) is 0 Å². The van der Waals surface area contributed by atoms with Crippen LogP contribution in [0.4, 0.5) is 5.69 Å². The van der Waals surface area contributed by atoms with E-state index in [1.54, 1.807) is 24.3 Å². The number of hydrogen-bond donors (Lipinski definition) is 3. The minimum absolute atomic E-state index is 0.106. The number of rotatable bonds is 4. The topological polar surface area (TPSA) is 78.4 Å². The van der Waals surface area contributed by atoms with E-state index >= 15 is 0 Å². The number of carbonyl (C=O) groups excluding carboxylic acids is 2. The first kappa shape index (κ1) is 14.8. The van der Waals surface area contributed by atoms with Crippen molar-refractivity contribution in [3.63, 3.8) is 0 Å². The van der Waals surface area contributed by atoms with Gasteiger partial charge >= 0.3 is 0 Å². The molecule has 5 nitrogen and oxygen atoms in total. The van der Waals surface area contributed by atoms with Crippen LogP contribution in [0.1, 0.15) is 19.3 Å². The molecule has 0 bridgehead atoms. The molecule has 108 valence electrons. The molecule has 1 aliphatic rings. The zero-order chi connectivity index (χ0) is 14.5. The molecule has 2 unspecified atom stereocenters. The maximum atomic E-state index is 11.8. The first-order chi connectivity index (χ1) is 9.56. The minimum atomic E-state index is -0.589. The highest BCUT2D eigenvalue weighted by atomic mass is 35.5. The third kappa shape index (κ3) is 3.95. The summed E-state index contributed by atoms with van der Waals surface area (Å²) in [6.45, 7) is -0.106. The summed E-state index contributed by atoms with van der Waals surface area (Å²) in [7, 11) is 0. The van der Waals surface area contributed by atoms with Gasteiger partial charge in [-0.05, 0) is 43.5 Å². The Morgan fingerprint density at radius 3 is 2.55 bits per heavy atom. The summed E-state index contributed by atoms with van der Waals surface area (Å²) < 4.78 is 0. The van der Waals surface area contributed by atoms with Crippen LogP contribution >= 0.6 is 11.6 Å². The quantitative estimate of drug-likeness (QED) is 0.789. The van der Waals surface area contributed by atoms with Gasteiger partial charge in [-0.3, -0.25) is 9.59 Å². The Bertz CT molecular complexity index is 490. The fraction of sp³-hybridized carbons (Fsp3) is 0.429. The second-order valence-corrected chi connectivity index (χ2v) is 5.31. The van der Waals surface area contributed by atoms with E-state index in [2.05, 4.69) is 10.6 Å². The summed E-state index contributed by atoms with van der Waals surface area (Å²) in [5.74, 6) is -0.965. The van der Waals surface area contributed by atoms with E-state index in [9.17, 15) is 14.7 Å². The average Bonchev–Trinajstić information content (AvgIpc) is 2.85. The fourth-order valence-electron chi connectivity index (χ4n) is 2.28. The molecule has 3 N–H and O–H groups in total. The van der Waals surface area contributed by atoms with E-state index < -0.39 is 12.0 Å². The fourth-order valence-corrected chi connectivity index (χ4v) is 2.41. The van der Waals surface area contributed by atoms with Crippen molar-refractivity contribution in [2.24, 2.45) is 5.92 Å². The highest BCUT2D eigenvalue weighted by Crippen LogP contribution is 2.25. The lowest BCUT2D eigenvalue weighted by atomic mass is 10.1. The van der Waals surface area contributed by atoms with Gasteiger partial charge in [0, 0.05) is 10.7 Å². The van der Waals surface area contributed by atoms with Crippen LogP contribution < -0.4 is 10.6 Å². The van der Waals surface area contributed by atoms with Crippen molar-refractivity contribution in [2.45, 2.75) is 25.4 Å². The average molecular weight is 297 g/mol. The van der Waals surface area contributed by atoms with Gasteiger partial charge in [-0.1, -0.05) is 11.6 Å². The maximum Gasteiger partial charge on any atom is 0.243 e. The van der Waals surface area contributed by atoms with Crippen LogP contribution in [0.2, 0.25) is 5.02 Å². The Morgan fingerprint density at radius 1 is 1.25 bits per heavy atom. The highest BCUT2D eigenvalue weighted by Gasteiger charge is 2.31. The van der Waals surface area contributed by atoms with Crippen LogP contribution in [0.25, 0.3) is 0 Å². The van der Waals surface area contributed by atoms with Gasteiger partial charge in [0.2, 0.25) is 11.8 Å². The molecule has 1 saturated carbocycles. The number of aliphatic hydroxyl groups excluding tert-OH is 1. The summed E-state index contributed by atoms with van der Waals surface area (Å²) in [5, 5.41) is 15.4. The smallest absolute Gasteiger partial charge is 0.243 e. The molecule has 1 aromatic carbocycles. The number of amides is 2. The zero-order valence-electron chi connectivity index (χ0n) is 10.9. The Kier molecular flexibility index (Phi) is 4.98. The van der Waals surface area contributed by atoms with Crippen LogP contribution in [-0.4, -0.2) is 29.6 Å². The van der Waals surface area contributed by atoms with Gasteiger partial charge in [0.1, 0.15) is 0 Å². The normalized spacial score (nSPS) is 21.5. The molecule has 1 aliphatic carbocycles. The molecule has 0 saturated heterocycles. The maximum absolute atomic E-state index is 11.8. The van der Waals surface area contributed by atoms with Crippen molar-refractivity contribution in [3.05, 3.63) is 29.3 Å². The van der Waals surface area contributed by atoms with Gasteiger partial charge in [-0.25, -0.2) is 0 Å². The number of anilines is 1. The van der Waals surface area contributed by atoms with Crippen molar-refractivity contribution >= 4 is 29.1 Å². The lowest BCUT2D eigenvalue weighted by molar-refractivity contribution is -0.129. The molecule has 2 amide bonds. The Labute approximate surface area is 122 Å². The molecular formula is C14H17ClN2O3. The van der Waals surface area contributed by atoms with Crippen LogP contribution in [0.3, 0.4) is 0 Å². The lowest BCUT2D eigenvalue weighted by Gasteiger charge is -2.14. The largest absolute Gasteiger partial charge is 0.392 e. The summed E-state index contributed by atoms with van der Waals surface area (Å²) in [4.78, 5) is 23.5. The van der Waals surface area contributed by atoms with Gasteiger partial charge in [0.25, 0.3) is 0 Å². The Morgan fingerprint density at radius 2 is 1.95 bits per heavy atom. The van der Waals surface area contributed by atoms with Crippen molar-refractivity contribution < 1.29 is 14.7 Å². The molecule has 0 aliphatic heterocycles. The summed E-state index contributed by atoms with van der Waals surface area (Å²) >= 11 is 5.74. The third-order valence-corrected chi connectivity index (χ3v) is 3.62. The highest BCUT2D eigenvalue weighted by molar-refractivity contribution is 6.30. The number of hydrogen-bond acceptors (Lipinski definition) is 3. The summed E-state index contributed by atoms with van der Waals surface area (Å²) in [6.07, 6.45) is 1.58. The Balaban J connectivity index is 1.77. The number of benzene rings is 1. The van der Waals surface area contributed by atoms with Gasteiger partial charge in [-0.2, -0.15) is 0 Å². The second-order valence-electron chi connectivity index (χ2n) is 4.88. The van der Waals surface area contributed by atoms with Crippen LogP contribution in [0.15, 0.2) is 24.3 Å². The van der Waals surface area contributed by atoms with E-state index in [-0.39, 0.29) is 18.4 Å². The zero-order valence-corrected chi connectivity index (χ0v) is 11.7. The van der Waals surface area contributed by atoms with E-state index in [0.717, 1.165) is 6.42 Å². The van der Waals surface area contributed by atoms with E-state index in [1.807, 2.05) is 0 Å². The second kappa shape index (κ2) is 6.72. The molecule has 0 spiro atoms. The van der Waals surface area contributed by atoms with Crippen LogP contribution in [0.5, 0.6) is 0 Å². The van der Waals surface area contributed by atoms with Gasteiger partial charge in [0.15, 0.2) is 0 Å². The molecule has 2 rings (SSSR count).